The van der Waals surface area contributed by atoms with Crippen LogP contribution in [0.4, 0.5) is 0 Å². The average Bonchev–Trinajstić information content (AvgIpc) is 2.85. The second-order valence-corrected chi connectivity index (χ2v) is 9.58. The van der Waals surface area contributed by atoms with Crippen molar-refractivity contribution in [2.45, 2.75) is 25.3 Å². The van der Waals surface area contributed by atoms with Gasteiger partial charge >= 0.3 is 0 Å². The van der Waals surface area contributed by atoms with Crippen LogP contribution in [0.15, 0.2) is 82.8 Å². The lowest BCUT2D eigenvalue weighted by Gasteiger charge is -2.23. The molecular weight excluding hydrogens is 466 g/mol. The molecule has 0 saturated carbocycles. The highest BCUT2D eigenvalue weighted by Gasteiger charge is 2.30. The molecule has 3 rings (SSSR count). The molecule has 0 unspecified atom stereocenters. The van der Waals surface area contributed by atoms with Gasteiger partial charge in [0.15, 0.2) is 0 Å². The van der Waals surface area contributed by atoms with E-state index in [1.165, 1.54) is 19.4 Å². The van der Waals surface area contributed by atoms with Gasteiger partial charge in [0.1, 0.15) is 16.4 Å². The monoisotopic (exact) mass is 495 g/mol. The topological polar surface area (TPSA) is 97.3 Å². The van der Waals surface area contributed by atoms with E-state index in [0.717, 1.165) is 15.4 Å². The van der Waals surface area contributed by atoms with Crippen LogP contribution in [0.5, 0.6) is 11.5 Å². The van der Waals surface area contributed by atoms with Crippen molar-refractivity contribution in [3.63, 3.8) is 0 Å². The van der Waals surface area contributed by atoms with E-state index in [-0.39, 0.29) is 17.2 Å². The lowest BCUT2D eigenvalue weighted by atomic mass is 10.2. The third kappa shape index (κ3) is 6.91. The number of aryl methyl sites for hydroxylation is 1. The van der Waals surface area contributed by atoms with Crippen molar-refractivity contribution in [1.82, 2.24) is 9.73 Å². The molecule has 0 aromatic heterocycles. The van der Waals surface area contributed by atoms with E-state index >= 15 is 0 Å². The van der Waals surface area contributed by atoms with E-state index in [1.807, 2.05) is 37.3 Å². The van der Waals surface area contributed by atoms with Crippen LogP contribution in [0.25, 0.3) is 0 Å². The van der Waals surface area contributed by atoms with Gasteiger partial charge in [0.25, 0.3) is 5.91 Å². The first-order chi connectivity index (χ1) is 16.8. The summed E-state index contributed by atoms with van der Waals surface area (Å²) >= 11 is 0. The molecule has 184 valence electrons. The maximum Gasteiger partial charge on any atom is 0.255 e. The fourth-order valence-electron chi connectivity index (χ4n) is 3.38. The van der Waals surface area contributed by atoms with Crippen molar-refractivity contribution < 1.29 is 22.7 Å². The van der Waals surface area contributed by atoms with Crippen LogP contribution in [0, 0.1) is 6.92 Å². The molecule has 1 amide bonds. The number of hydrogen-bond donors (Lipinski definition) is 1. The summed E-state index contributed by atoms with van der Waals surface area (Å²) in [4.78, 5) is 12.7. The van der Waals surface area contributed by atoms with Crippen molar-refractivity contribution in [1.29, 1.82) is 0 Å². The van der Waals surface area contributed by atoms with E-state index in [2.05, 4.69) is 10.5 Å². The Hall–Kier alpha value is -3.69. The molecule has 0 spiro atoms. The van der Waals surface area contributed by atoms with Crippen LogP contribution in [-0.4, -0.2) is 45.1 Å². The fraction of sp³-hybridized carbons (Fsp3) is 0.231. The van der Waals surface area contributed by atoms with E-state index in [1.54, 1.807) is 43.3 Å². The first kappa shape index (κ1) is 25.9. The largest absolute Gasteiger partial charge is 0.495 e. The number of rotatable bonds is 11. The van der Waals surface area contributed by atoms with Crippen LogP contribution >= 0.6 is 0 Å². The number of hydrazone groups is 1. The van der Waals surface area contributed by atoms with Gasteiger partial charge in [-0.15, -0.1) is 0 Å². The molecule has 0 radical (unpaired) electrons. The Labute approximate surface area is 206 Å². The number of hydrogen-bond acceptors (Lipinski definition) is 6. The minimum absolute atomic E-state index is 0.00197. The van der Waals surface area contributed by atoms with Gasteiger partial charge in [-0.3, -0.25) is 4.79 Å². The van der Waals surface area contributed by atoms with Crippen molar-refractivity contribution in [3.05, 3.63) is 89.5 Å². The van der Waals surface area contributed by atoms with Gasteiger partial charge in [0.05, 0.1) is 26.5 Å². The zero-order valence-electron chi connectivity index (χ0n) is 20.0. The Morgan fingerprint density at radius 3 is 2.46 bits per heavy atom. The number of amides is 1. The number of nitrogens with zero attached hydrogens (tertiary/aromatic N) is 2. The molecule has 1 N–H and O–H groups in total. The van der Waals surface area contributed by atoms with Crippen LogP contribution in [-0.2, 0) is 21.4 Å². The molecule has 35 heavy (non-hydrogen) atoms. The summed E-state index contributed by atoms with van der Waals surface area (Å²) in [5.74, 6) is 0.258. The quantitative estimate of drug-likeness (QED) is 0.323. The maximum absolute atomic E-state index is 13.6. The van der Waals surface area contributed by atoms with E-state index in [0.29, 0.717) is 17.9 Å². The summed E-state index contributed by atoms with van der Waals surface area (Å²) in [7, 11) is -2.67. The molecule has 0 saturated heterocycles. The summed E-state index contributed by atoms with van der Waals surface area (Å²) in [6, 6.07) is 21.2. The minimum atomic E-state index is -4.08. The van der Waals surface area contributed by atoms with E-state index in [4.69, 9.17) is 9.47 Å². The lowest BCUT2D eigenvalue weighted by molar-refractivity contribution is -0.121. The second-order valence-electron chi connectivity index (χ2n) is 7.68. The summed E-state index contributed by atoms with van der Waals surface area (Å²) in [6.45, 7) is 3.73. The highest BCUT2D eigenvalue weighted by Crippen LogP contribution is 2.28. The SMILES string of the molecule is CCOc1ccccc1/C=N/NC(=O)CN(Cc1ccccc1)S(=O)(=O)c1cc(C)ccc1OC. The lowest BCUT2D eigenvalue weighted by Crippen LogP contribution is -2.39. The average molecular weight is 496 g/mol. The van der Waals surface area contributed by atoms with Crippen LogP contribution in [0.1, 0.15) is 23.6 Å². The standard InChI is InChI=1S/C26H29N3O5S/c1-4-34-23-13-9-8-12-22(23)17-27-28-26(30)19-29(18-21-10-6-5-7-11-21)35(31,32)25-16-20(2)14-15-24(25)33-3/h5-17H,4,18-19H2,1-3H3,(H,28,30)/b27-17+. The molecule has 8 nitrogen and oxygen atoms in total. The van der Waals surface area contributed by atoms with Crippen molar-refractivity contribution in [3.8, 4) is 11.5 Å². The zero-order valence-corrected chi connectivity index (χ0v) is 20.8. The fourth-order valence-corrected chi connectivity index (χ4v) is 5.01. The molecule has 9 heteroatoms. The van der Waals surface area contributed by atoms with Crippen molar-refractivity contribution in [2.24, 2.45) is 5.10 Å². The molecule has 0 fully saturated rings. The second kappa shape index (κ2) is 12.1. The minimum Gasteiger partial charge on any atom is -0.495 e. The Kier molecular flexibility index (Phi) is 8.99. The third-order valence-electron chi connectivity index (χ3n) is 5.07. The third-order valence-corrected chi connectivity index (χ3v) is 6.88. The molecule has 3 aromatic rings. The number of carbonyl (C=O) groups is 1. The first-order valence-corrected chi connectivity index (χ1v) is 12.5. The maximum atomic E-state index is 13.6. The number of methoxy groups -OCH3 is 1. The molecule has 3 aromatic carbocycles. The predicted molar refractivity (Wildman–Crippen MR) is 135 cm³/mol. The smallest absolute Gasteiger partial charge is 0.255 e. The number of para-hydroxylation sites is 1. The molecule has 0 bridgehead atoms. The summed E-state index contributed by atoms with van der Waals surface area (Å²) < 4.78 is 39.2. The van der Waals surface area contributed by atoms with Gasteiger partial charge in [0, 0.05) is 12.1 Å². The van der Waals surface area contributed by atoms with Gasteiger partial charge in [0.2, 0.25) is 10.0 Å². The van der Waals surface area contributed by atoms with Gasteiger partial charge in [-0.25, -0.2) is 13.8 Å². The normalized spacial score (nSPS) is 11.5. The van der Waals surface area contributed by atoms with Crippen molar-refractivity contribution in [2.75, 3.05) is 20.3 Å². The summed E-state index contributed by atoms with van der Waals surface area (Å²) in [5, 5.41) is 4.00. The predicted octanol–water partition coefficient (Wildman–Crippen LogP) is 3.74. The Morgan fingerprint density at radius 2 is 1.74 bits per heavy atom. The van der Waals surface area contributed by atoms with Crippen LogP contribution < -0.4 is 14.9 Å². The van der Waals surface area contributed by atoms with E-state index < -0.39 is 22.5 Å². The van der Waals surface area contributed by atoms with Crippen LogP contribution in [0.3, 0.4) is 0 Å². The summed E-state index contributed by atoms with van der Waals surface area (Å²) in [5.41, 5.74) is 4.60. The van der Waals surface area contributed by atoms with Gasteiger partial charge in [-0.05, 0) is 49.2 Å². The van der Waals surface area contributed by atoms with Gasteiger partial charge < -0.3 is 9.47 Å². The Morgan fingerprint density at radius 1 is 1.03 bits per heavy atom. The molecule has 0 atom stereocenters. The molecule has 0 aliphatic rings. The van der Waals surface area contributed by atoms with Gasteiger partial charge in [-0.2, -0.15) is 9.41 Å². The summed E-state index contributed by atoms with van der Waals surface area (Å²) in [6.07, 6.45) is 1.46. The first-order valence-electron chi connectivity index (χ1n) is 11.1. The molecular formula is C26H29N3O5S. The van der Waals surface area contributed by atoms with Gasteiger partial charge in [-0.1, -0.05) is 48.5 Å². The molecule has 0 heterocycles. The number of carbonyl (C=O) groups excluding carboxylic acids is 1. The Balaban J connectivity index is 1.84. The highest BCUT2D eigenvalue weighted by molar-refractivity contribution is 7.89. The Bertz CT molecular complexity index is 1280. The highest BCUT2D eigenvalue weighted by atomic mass is 32.2. The number of nitrogens with one attached hydrogen (secondary N) is 1. The number of sulfonamides is 1. The van der Waals surface area contributed by atoms with Crippen LogP contribution in [0.2, 0.25) is 0 Å². The van der Waals surface area contributed by atoms with Crippen molar-refractivity contribution >= 4 is 22.1 Å². The number of ether oxygens (including phenoxy) is 2. The molecule has 0 aliphatic carbocycles. The number of benzene rings is 3. The van der Waals surface area contributed by atoms with E-state index in [9.17, 15) is 13.2 Å². The zero-order chi connectivity index (χ0) is 25.3. The molecule has 0 aliphatic heterocycles.